The molecule has 0 radical (unpaired) electrons. The van der Waals surface area contributed by atoms with Crippen LogP contribution >= 0.6 is 11.3 Å². The molecule has 32 heavy (non-hydrogen) atoms. The minimum absolute atomic E-state index is 0.00714. The maximum Gasteiger partial charge on any atom is 0.307 e. The fourth-order valence-corrected chi connectivity index (χ4v) is 5.99. The molecule has 162 valence electrons. The molecule has 0 saturated heterocycles. The lowest BCUT2D eigenvalue weighted by atomic mass is 10.0. The number of benzene rings is 2. The van der Waals surface area contributed by atoms with Gasteiger partial charge in [0.2, 0.25) is 0 Å². The second-order valence-corrected chi connectivity index (χ2v) is 10.7. The zero-order chi connectivity index (χ0) is 26.2. The van der Waals surface area contributed by atoms with E-state index in [4.69, 9.17) is 5.48 Å². The van der Waals surface area contributed by atoms with Crippen molar-refractivity contribution in [2.24, 2.45) is 5.92 Å². The van der Waals surface area contributed by atoms with E-state index in [2.05, 4.69) is 16.8 Å². The molecular formula is C25H21NO4S2. The second kappa shape index (κ2) is 9.03. The molecule has 2 aromatic heterocycles. The van der Waals surface area contributed by atoms with Gasteiger partial charge in [-0.2, -0.15) is 0 Å². The third-order valence-corrected chi connectivity index (χ3v) is 8.30. The Kier molecular flexibility index (Phi) is 4.87. The number of hydrogen-bond acceptors (Lipinski definition) is 4. The minimum Gasteiger partial charge on any atom is -0.481 e. The summed E-state index contributed by atoms with van der Waals surface area (Å²) in [6.07, 6.45) is -0.452. The van der Waals surface area contributed by atoms with Gasteiger partial charge in [0.05, 0.1) is 22.0 Å². The Hall–Kier alpha value is -3.34. The number of nitrogens with one attached hydrogen (secondary N) is 1. The number of H-pyrrole nitrogens is 1. The van der Waals surface area contributed by atoms with Gasteiger partial charge >= 0.3 is 5.97 Å². The van der Waals surface area contributed by atoms with Gasteiger partial charge in [-0.25, -0.2) is 8.42 Å². The van der Waals surface area contributed by atoms with Crippen LogP contribution in [0.4, 0.5) is 0 Å². The number of hydrogen-bond donors (Lipinski definition) is 2. The molecule has 2 heterocycles. The summed E-state index contributed by atoms with van der Waals surface area (Å²) in [5.74, 6) is 2.54. The molecule has 4 rings (SSSR count). The number of sulfone groups is 1. The lowest BCUT2D eigenvalue weighted by molar-refractivity contribution is -0.140. The molecular weight excluding hydrogens is 442 g/mol. The summed E-state index contributed by atoms with van der Waals surface area (Å²) in [6, 6.07) is 11.1. The average molecular weight is 468 g/mol. The lowest BCUT2D eigenvalue weighted by Crippen LogP contribution is -2.25. The predicted octanol–water partition coefficient (Wildman–Crippen LogP) is 4.65. The molecule has 0 aliphatic heterocycles. The minimum atomic E-state index is -3.97. The number of fused-ring (bicyclic) bond motifs is 1. The second-order valence-electron chi connectivity index (χ2n) is 7.31. The summed E-state index contributed by atoms with van der Waals surface area (Å²) in [7, 11) is -3.97. The Labute approximate surface area is 196 Å². The van der Waals surface area contributed by atoms with Gasteiger partial charge in [-0.05, 0) is 49.2 Å². The van der Waals surface area contributed by atoms with E-state index in [1.807, 2.05) is 31.2 Å². The molecule has 0 bridgehead atoms. The van der Waals surface area contributed by atoms with Crippen molar-refractivity contribution in [3.05, 3.63) is 88.3 Å². The van der Waals surface area contributed by atoms with Crippen LogP contribution in [0.15, 0.2) is 71.0 Å². The molecule has 4 aromatic rings. The van der Waals surface area contributed by atoms with Gasteiger partial charge in [0.25, 0.3) is 0 Å². The van der Waals surface area contributed by atoms with E-state index < -0.39 is 27.5 Å². The Balaban J connectivity index is 1.59. The van der Waals surface area contributed by atoms with Gasteiger partial charge in [-0.15, -0.1) is 11.3 Å². The SMILES string of the molecule is [2H]c1cc2c(C[C@@H](CS(=O)(=O)c3ccc(C#Cc4ccc(C)cc4)s3)C(=O)O)c([2H])[nH]c2c([2H])c1[2H]. The number of rotatable bonds is 6. The molecule has 2 N–H and O–H groups in total. The van der Waals surface area contributed by atoms with Crippen LogP contribution in [0.5, 0.6) is 0 Å². The number of carboxylic acids is 1. The van der Waals surface area contributed by atoms with E-state index in [-0.39, 0.29) is 51.4 Å². The number of carbonyl (C=O) groups is 1. The van der Waals surface area contributed by atoms with Crippen molar-refractivity contribution in [2.45, 2.75) is 17.6 Å². The maximum atomic E-state index is 13.1. The van der Waals surface area contributed by atoms with E-state index in [0.717, 1.165) is 22.5 Å². The highest BCUT2D eigenvalue weighted by Gasteiger charge is 2.28. The van der Waals surface area contributed by atoms with Crippen LogP contribution in [0.25, 0.3) is 10.9 Å². The van der Waals surface area contributed by atoms with Gasteiger partial charge in [0, 0.05) is 22.6 Å². The molecule has 7 heteroatoms. The van der Waals surface area contributed by atoms with Crippen molar-refractivity contribution in [2.75, 3.05) is 5.75 Å². The molecule has 0 spiro atoms. The van der Waals surface area contributed by atoms with Gasteiger partial charge < -0.3 is 10.1 Å². The topological polar surface area (TPSA) is 87.2 Å². The van der Waals surface area contributed by atoms with E-state index >= 15 is 0 Å². The Morgan fingerprint density at radius 2 is 1.94 bits per heavy atom. The van der Waals surface area contributed by atoms with Gasteiger partial charge in [-0.1, -0.05) is 47.7 Å². The molecule has 0 fully saturated rings. The van der Waals surface area contributed by atoms with E-state index in [9.17, 15) is 18.3 Å². The normalized spacial score (nSPS) is 14.0. The summed E-state index contributed by atoms with van der Waals surface area (Å²) in [4.78, 5) is 15.2. The number of para-hydroxylation sites is 1. The van der Waals surface area contributed by atoms with Crippen molar-refractivity contribution < 1.29 is 23.8 Å². The van der Waals surface area contributed by atoms with Crippen LogP contribution in [0.2, 0.25) is 0 Å². The average Bonchev–Trinajstić information content (AvgIpc) is 3.42. The van der Waals surface area contributed by atoms with E-state index in [1.54, 1.807) is 6.07 Å². The van der Waals surface area contributed by atoms with Crippen LogP contribution in [0.3, 0.4) is 0 Å². The van der Waals surface area contributed by atoms with E-state index in [0.29, 0.717) is 4.88 Å². The summed E-state index contributed by atoms with van der Waals surface area (Å²) in [5.41, 5.74) is 2.24. The zero-order valence-electron chi connectivity index (χ0n) is 21.0. The summed E-state index contributed by atoms with van der Waals surface area (Å²) < 4.78 is 58.0. The van der Waals surface area contributed by atoms with Crippen LogP contribution in [-0.2, 0) is 21.1 Å². The third-order valence-electron chi connectivity index (χ3n) is 4.90. The molecule has 0 aliphatic rings. The highest BCUT2D eigenvalue weighted by atomic mass is 32.2. The third kappa shape index (κ3) is 4.93. The number of aryl methyl sites for hydroxylation is 1. The lowest BCUT2D eigenvalue weighted by Gasteiger charge is -2.11. The van der Waals surface area contributed by atoms with Crippen molar-refractivity contribution in [3.63, 3.8) is 0 Å². The van der Waals surface area contributed by atoms with E-state index in [1.165, 1.54) is 12.1 Å². The first kappa shape index (κ1) is 17.2. The molecule has 1 atom stereocenters. The van der Waals surface area contributed by atoms with Crippen LogP contribution in [-0.4, -0.2) is 30.2 Å². The number of carboxylic acid groups (broad SMARTS) is 1. The first-order valence-electron chi connectivity index (χ1n) is 11.7. The molecule has 0 unspecified atom stereocenters. The maximum absolute atomic E-state index is 13.1. The van der Waals surface area contributed by atoms with Gasteiger partial charge in [0.15, 0.2) is 9.84 Å². The zero-order valence-corrected chi connectivity index (χ0v) is 18.7. The van der Waals surface area contributed by atoms with Crippen LogP contribution in [0, 0.1) is 24.7 Å². The van der Waals surface area contributed by atoms with Crippen LogP contribution < -0.4 is 0 Å². The Bertz CT molecular complexity index is 1650. The fourth-order valence-electron chi connectivity index (χ4n) is 3.19. The standard InChI is InChI=1S/C25H21NO4S2/c1-17-6-8-18(9-7-17)10-11-21-12-13-24(31-21)32(29,30)16-20(25(27)28)14-19-15-26-23-5-3-2-4-22(19)23/h2-9,12-13,15,20,26H,14,16H2,1H3,(H,27,28)/t20-/m0/s1/i2D,3D,5D,15D. The number of aromatic amines is 1. The van der Waals surface area contributed by atoms with Crippen molar-refractivity contribution in [1.29, 1.82) is 0 Å². The summed E-state index contributed by atoms with van der Waals surface area (Å²) in [5, 5.41) is 10.1. The number of aromatic nitrogens is 1. The van der Waals surface area contributed by atoms with Crippen LogP contribution in [0.1, 0.15) is 27.1 Å². The first-order chi connectivity index (χ1) is 17.0. The molecule has 2 aromatic carbocycles. The highest BCUT2D eigenvalue weighted by Crippen LogP contribution is 2.26. The molecule has 5 nitrogen and oxygen atoms in total. The molecule has 0 amide bonds. The van der Waals surface area contributed by atoms with Crippen molar-refractivity contribution in [1.82, 2.24) is 4.98 Å². The monoisotopic (exact) mass is 467 g/mol. The molecule has 0 saturated carbocycles. The van der Waals surface area contributed by atoms with Gasteiger partial charge in [0.1, 0.15) is 4.21 Å². The summed E-state index contributed by atoms with van der Waals surface area (Å²) in [6.45, 7) is 1.97. The fraction of sp³-hybridized carbons (Fsp3) is 0.160. The number of thiophene rings is 1. The molecule has 0 aliphatic carbocycles. The highest BCUT2D eigenvalue weighted by molar-refractivity contribution is 7.93. The first-order valence-corrected chi connectivity index (χ1v) is 12.1. The largest absolute Gasteiger partial charge is 0.481 e. The van der Waals surface area contributed by atoms with Crippen molar-refractivity contribution in [3.8, 4) is 11.8 Å². The Morgan fingerprint density at radius 3 is 2.69 bits per heavy atom. The smallest absolute Gasteiger partial charge is 0.307 e. The van der Waals surface area contributed by atoms with Gasteiger partial charge in [-0.3, -0.25) is 4.79 Å². The number of aliphatic carboxylic acids is 1. The summed E-state index contributed by atoms with van der Waals surface area (Å²) >= 11 is 0.967. The van der Waals surface area contributed by atoms with Crippen molar-refractivity contribution >= 4 is 38.0 Å². The quantitative estimate of drug-likeness (QED) is 0.404. The predicted molar refractivity (Wildman–Crippen MR) is 127 cm³/mol. The Morgan fingerprint density at radius 1 is 1.16 bits per heavy atom.